The number of phenols is 2. The standard InChI is InChI=1S/C26H34O12/c1-34-18-7-12(3-5-16(18)29)24-14(9-27)15(25(38-24)13-4-6-17(30)19(8-13)35-2)11-36-26-23(33)22(32)21(31)20(10-28)37-26/h3-8,14-15,20-33H,9-11H2,1-2H3/t14-,15+,20+,21+,22-,23+,24+,25-,26+/m0/s1. The topological polar surface area (TPSA) is 188 Å². The number of aliphatic hydroxyl groups excluding tert-OH is 5. The van der Waals surface area contributed by atoms with Gasteiger partial charge in [0.05, 0.1) is 39.6 Å². The molecule has 2 saturated heterocycles. The first-order valence-electron chi connectivity index (χ1n) is 12.2. The third-order valence-electron chi connectivity index (χ3n) is 7.20. The molecule has 0 saturated carbocycles. The summed E-state index contributed by atoms with van der Waals surface area (Å²) in [6.45, 7) is -1.03. The average molecular weight is 539 g/mol. The first-order valence-corrected chi connectivity index (χ1v) is 12.2. The second-order valence-electron chi connectivity index (χ2n) is 9.38. The van der Waals surface area contributed by atoms with Gasteiger partial charge in [0.25, 0.3) is 0 Å². The summed E-state index contributed by atoms with van der Waals surface area (Å²) in [5.74, 6) is -0.758. The van der Waals surface area contributed by atoms with Gasteiger partial charge in [0.1, 0.15) is 24.4 Å². The third kappa shape index (κ3) is 5.40. The second-order valence-corrected chi connectivity index (χ2v) is 9.38. The van der Waals surface area contributed by atoms with Crippen molar-refractivity contribution in [1.82, 2.24) is 0 Å². The van der Waals surface area contributed by atoms with Crippen molar-refractivity contribution >= 4 is 0 Å². The van der Waals surface area contributed by atoms with Gasteiger partial charge in [-0.25, -0.2) is 0 Å². The summed E-state index contributed by atoms with van der Waals surface area (Å²) in [6.07, 6.45) is -8.57. The van der Waals surface area contributed by atoms with Crippen molar-refractivity contribution in [2.24, 2.45) is 11.8 Å². The summed E-state index contributed by atoms with van der Waals surface area (Å²) in [6, 6.07) is 9.44. The van der Waals surface area contributed by atoms with Crippen LogP contribution in [0.3, 0.4) is 0 Å². The third-order valence-corrected chi connectivity index (χ3v) is 7.20. The van der Waals surface area contributed by atoms with E-state index in [1.165, 1.54) is 26.4 Å². The van der Waals surface area contributed by atoms with Crippen molar-refractivity contribution in [3.05, 3.63) is 47.5 Å². The Balaban J connectivity index is 1.65. The lowest BCUT2D eigenvalue weighted by Crippen LogP contribution is -2.59. The minimum atomic E-state index is -1.60. The fraction of sp³-hybridized carbons (Fsp3) is 0.538. The average Bonchev–Trinajstić information content (AvgIpc) is 3.30. The highest BCUT2D eigenvalue weighted by Gasteiger charge is 2.48. The van der Waals surface area contributed by atoms with Gasteiger partial charge in [-0.05, 0) is 35.4 Å². The lowest BCUT2D eigenvalue weighted by Gasteiger charge is -2.40. The van der Waals surface area contributed by atoms with Crippen LogP contribution in [0.15, 0.2) is 36.4 Å². The van der Waals surface area contributed by atoms with Crippen molar-refractivity contribution in [3.63, 3.8) is 0 Å². The molecular formula is C26H34O12. The molecule has 7 N–H and O–H groups in total. The Morgan fingerprint density at radius 2 is 1.26 bits per heavy atom. The van der Waals surface area contributed by atoms with Crippen LogP contribution in [-0.2, 0) is 14.2 Å². The molecule has 2 aliphatic rings. The van der Waals surface area contributed by atoms with E-state index >= 15 is 0 Å². The van der Waals surface area contributed by atoms with Crippen molar-refractivity contribution in [1.29, 1.82) is 0 Å². The molecule has 12 nitrogen and oxygen atoms in total. The predicted octanol–water partition coefficient (Wildman–Crippen LogP) is -0.0312. The van der Waals surface area contributed by atoms with Gasteiger partial charge >= 0.3 is 0 Å². The van der Waals surface area contributed by atoms with E-state index in [0.717, 1.165) is 0 Å². The fourth-order valence-electron chi connectivity index (χ4n) is 5.06. The Hall–Kier alpha value is -2.68. The number of hydrogen-bond acceptors (Lipinski definition) is 12. The lowest BCUT2D eigenvalue weighted by atomic mass is 9.83. The number of methoxy groups -OCH3 is 2. The predicted molar refractivity (Wildman–Crippen MR) is 130 cm³/mol. The van der Waals surface area contributed by atoms with Crippen LogP contribution in [0.25, 0.3) is 0 Å². The minimum Gasteiger partial charge on any atom is -0.504 e. The van der Waals surface area contributed by atoms with Crippen molar-refractivity contribution in [2.75, 3.05) is 34.0 Å². The maximum atomic E-state index is 10.4. The SMILES string of the molecule is COc1cc([C@H]2O[C@@H](c3ccc(O)c(OC)c3)[C@H](CO[C@@H]3O[C@H](CO)[C@@H](O)[C@H](O)[C@H]3O)[C@@H]2CO)ccc1O. The van der Waals surface area contributed by atoms with Crippen LogP contribution in [-0.4, -0.2) is 100 Å². The van der Waals surface area contributed by atoms with E-state index in [9.17, 15) is 35.7 Å². The number of hydrogen-bond donors (Lipinski definition) is 7. The zero-order valence-electron chi connectivity index (χ0n) is 21.0. The molecule has 2 aliphatic heterocycles. The number of aromatic hydroxyl groups is 2. The van der Waals surface area contributed by atoms with E-state index in [-0.39, 0.29) is 36.2 Å². The largest absolute Gasteiger partial charge is 0.504 e. The van der Waals surface area contributed by atoms with Crippen LogP contribution in [0.1, 0.15) is 23.3 Å². The highest BCUT2D eigenvalue weighted by Crippen LogP contribution is 2.51. The normalized spacial score (nSPS) is 33.3. The van der Waals surface area contributed by atoms with Crippen LogP contribution in [0.2, 0.25) is 0 Å². The van der Waals surface area contributed by atoms with Gasteiger partial charge in [0.2, 0.25) is 0 Å². The molecule has 2 aromatic carbocycles. The maximum Gasteiger partial charge on any atom is 0.186 e. The zero-order valence-corrected chi connectivity index (χ0v) is 21.0. The fourth-order valence-corrected chi connectivity index (χ4v) is 5.06. The van der Waals surface area contributed by atoms with E-state index in [2.05, 4.69) is 0 Å². The van der Waals surface area contributed by atoms with Crippen LogP contribution < -0.4 is 9.47 Å². The van der Waals surface area contributed by atoms with E-state index in [4.69, 9.17) is 23.7 Å². The monoisotopic (exact) mass is 538 g/mol. The van der Waals surface area contributed by atoms with Crippen LogP contribution in [0, 0.1) is 11.8 Å². The quantitative estimate of drug-likeness (QED) is 0.226. The Morgan fingerprint density at radius 1 is 0.711 bits per heavy atom. The Morgan fingerprint density at radius 3 is 1.76 bits per heavy atom. The molecular weight excluding hydrogens is 504 g/mol. The second kappa shape index (κ2) is 12.0. The Labute approximate surface area is 219 Å². The number of aliphatic hydroxyl groups is 5. The van der Waals surface area contributed by atoms with Crippen LogP contribution in [0.4, 0.5) is 0 Å². The molecule has 9 atom stereocenters. The summed E-state index contributed by atoms with van der Waals surface area (Å²) in [4.78, 5) is 0. The minimum absolute atomic E-state index is 0.0582. The molecule has 4 rings (SSSR count). The first kappa shape index (κ1) is 28.3. The number of benzene rings is 2. The molecule has 38 heavy (non-hydrogen) atoms. The van der Waals surface area contributed by atoms with Crippen LogP contribution >= 0.6 is 0 Å². The van der Waals surface area contributed by atoms with Gasteiger partial charge in [0.15, 0.2) is 29.3 Å². The highest BCUT2D eigenvalue weighted by molar-refractivity contribution is 5.44. The van der Waals surface area contributed by atoms with Crippen molar-refractivity contribution < 1.29 is 59.4 Å². The molecule has 0 aliphatic carbocycles. The first-order chi connectivity index (χ1) is 18.2. The van der Waals surface area contributed by atoms with Crippen LogP contribution in [0.5, 0.6) is 23.0 Å². The lowest BCUT2D eigenvalue weighted by molar-refractivity contribution is -0.304. The molecule has 0 aromatic heterocycles. The molecule has 0 bridgehead atoms. The number of phenolic OH excluding ortho intramolecular Hbond substituents is 2. The van der Waals surface area contributed by atoms with Gasteiger partial charge in [-0.2, -0.15) is 0 Å². The highest BCUT2D eigenvalue weighted by atomic mass is 16.7. The molecule has 0 spiro atoms. The number of ether oxygens (including phenoxy) is 5. The van der Waals surface area contributed by atoms with E-state index < -0.39 is 61.4 Å². The Bertz CT molecular complexity index is 1080. The van der Waals surface area contributed by atoms with E-state index in [1.807, 2.05) is 0 Å². The summed E-state index contributed by atoms with van der Waals surface area (Å²) < 4.78 is 28.2. The molecule has 2 fully saturated rings. The van der Waals surface area contributed by atoms with Crippen molar-refractivity contribution in [2.45, 2.75) is 42.9 Å². The zero-order chi connectivity index (χ0) is 27.6. The molecule has 2 heterocycles. The molecule has 2 aromatic rings. The maximum absolute atomic E-state index is 10.4. The smallest absolute Gasteiger partial charge is 0.186 e. The van der Waals surface area contributed by atoms with Gasteiger partial charge in [-0.3, -0.25) is 0 Å². The summed E-state index contributed by atoms with van der Waals surface area (Å²) in [5, 5.41) is 70.6. The number of rotatable bonds is 9. The molecule has 0 radical (unpaired) electrons. The molecule has 0 unspecified atom stereocenters. The summed E-state index contributed by atoms with van der Waals surface area (Å²) in [7, 11) is 2.83. The molecule has 12 heteroatoms. The van der Waals surface area contributed by atoms with E-state index in [0.29, 0.717) is 11.1 Å². The van der Waals surface area contributed by atoms with Crippen molar-refractivity contribution in [3.8, 4) is 23.0 Å². The van der Waals surface area contributed by atoms with Gasteiger partial charge in [-0.1, -0.05) is 12.1 Å². The summed E-state index contributed by atoms with van der Waals surface area (Å²) >= 11 is 0. The van der Waals surface area contributed by atoms with Gasteiger partial charge in [-0.15, -0.1) is 0 Å². The van der Waals surface area contributed by atoms with Gasteiger partial charge < -0.3 is 59.4 Å². The van der Waals surface area contributed by atoms with Gasteiger partial charge in [0, 0.05) is 18.4 Å². The Kier molecular flexibility index (Phi) is 8.96. The van der Waals surface area contributed by atoms with E-state index in [1.54, 1.807) is 24.3 Å². The molecule has 210 valence electrons. The molecule has 0 amide bonds. The summed E-state index contributed by atoms with van der Waals surface area (Å²) in [5.41, 5.74) is 1.25.